The van der Waals surface area contributed by atoms with Gasteiger partial charge in [-0.05, 0) is 119 Å². The Kier molecular flexibility index (Phi) is 9.62. The zero-order valence-electron chi connectivity index (χ0n) is 28.7. The van der Waals surface area contributed by atoms with Gasteiger partial charge in [0.25, 0.3) is 20.2 Å². The van der Waals surface area contributed by atoms with Gasteiger partial charge in [-0.25, -0.2) is 0 Å². The lowest BCUT2D eigenvalue weighted by Gasteiger charge is -2.14. The molecule has 12 heteroatoms. The number of hydrogen-bond acceptors (Lipinski definition) is 7. The Balaban J connectivity index is 1.33. The van der Waals surface area contributed by atoms with E-state index in [1.165, 1.54) is 23.8 Å². The second-order valence-electron chi connectivity index (χ2n) is 12.9. The zero-order valence-corrected chi connectivity index (χ0v) is 30.3. The molecule has 0 aliphatic carbocycles. The van der Waals surface area contributed by atoms with Crippen molar-refractivity contribution in [2.75, 3.05) is 22.9 Å². The molecule has 5 heterocycles. The molecule has 0 spiro atoms. The van der Waals surface area contributed by atoms with Crippen LogP contribution in [-0.4, -0.2) is 32.5 Å². The Morgan fingerprint density at radius 2 is 1.26 bits per heavy atom. The summed E-state index contributed by atoms with van der Waals surface area (Å²) in [4.78, 5) is -0.513. The summed E-state index contributed by atoms with van der Waals surface area (Å²) in [6, 6.07) is 41.9. The van der Waals surface area contributed by atoms with Gasteiger partial charge >= 0.3 is 0 Å². The number of nitrogens with two attached hydrogens (primary N) is 1. The molecule has 6 aromatic rings. The highest BCUT2D eigenvalue weighted by Crippen LogP contribution is 2.30. The monoisotopic (exact) mass is 745 g/mol. The number of anilines is 5. The fourth-order valence-electron chi connectivity index (χ4n) is 6.53. The smallest absolute Gasteiger partial charge is 0.296 e. The molecule has 6 aromatic carbocycles. The maximum Gasteiger partial charge on any atom is 0.296 e. The minimum Gasteiger partial charge on any atom is -0.397 e. The molecule has 5 aliphatic rings. The second-order valence-corrected chi connectivity index (χ2v) is 15.7. The van der Waals surface area contributed by atoms with Crippen molar-refractivity contribution in [2.24, 2.45) is 0 Å². The summed E-state index contributed by atoms with van der Waals surface area (Å²) >= 11 is 0. The maximum atomic E-state index is 11.9. The van der Waals surface area contributed by atoms with Crippen molar-refractivity contribution in [3.63, 3.8) is 0 Å². The molecule has 0 unspecified atom stereocenters. The summed E-state index contributed by atoms with van der Waals surface area (Å²) in [6.07, 6.45) is 1.68. The Labute approximate surface area is 308 Å². The summed E-state index contributed by atoms with van der Waals surface area (Å²) in [7, 11) is -8.84. The third-order valence-electron chi connectivity index (χ3n) is 9.27. The zero-order chi connectivity index (χ0) is 37.3. The van der Waals surface area contributed by atoms with Crippen molar-refractivity contribution in [1.82, 2.24) is 4.58 Å². The van der Waals surface area contributed by atoms with E-state index in [0.717, 1.165) is 57.2 Å². The predicted molar refractivity (Wildman–Crippen MR) is 209 cm³/mol. The highest BCUT2D eigenvalue weighted by Gasteiger charge is 2.18. The van der Waals surface area contributed by atoms with Gasteiger partial charge in [-0.15, -0.1) is 0 Å². The van der Waals surface area contributed by atoms with Gasteiger partial charge in [0.2, 0.25) is 11.0 Å². The van der Waals surface area contributed by atoms with Gasteiger partial charge < -0.3 is 16.4 Å². The lowest BCUT2D eigenvalue weighted by molar-refractivity contribution is 0.481. The molecule has 0 saturated heterocycles. The van der Waals surface area contributed by atoms with Crippen LogP contribution in [0.15, 0.2) is 143 Å². The normalized spacial score (nSPS) is 13.4. The van der Waals surface area contributed by atoms with Crippen LogP contribution in [0.5, 0.6) is 0 Å². The van der Waals surface area contributed by atoms with Crippen molar-refractivity contribution in [3.8, 4) is 0 Å². The van der Waals surface area contributed by atoms with Crippen molar-refractivity contribution in [2.45, 2.75) is 29.6 Å². The van der Waals surface area contributed by atoms with Crippen LogP contribution < -0.4 is 31.5 Å². The maximum absolute atomic E-state index is 11.9. The molecule has 6 bridgehead atoms. The summed E-state index contributed by atoms with van der Waals surface area (Å²) in [5.41, 5.74) is 14.5. The van der Waals surface area contributed by atoms with Crippen LogP contribution in [-0.2, 0) is 26.7 Å². The number of aryl methyl sites for hydroxylation is 2. The number of rotatable bonds is 6. The first-order chi connectivity index (χ1) is 25.3. The lowest BCUT2D eigenvalue weighted by atomic mass is 9.95. The van der Waals surface area contributed by atoms with Gasteiger partial charge in [0.15, 0.2) is 0 Å². The summed E-state index contributed by atoms with van der Waals surface area (Å²) < 4.78 is 68.7. The number of benzene rings is 6. The standard InChI is InChI=1S/C41H36N4O6S2/c1-27-25-35(26-39(41(27)42)53(49,50)51)44-34-16-8-30(9-17-34)40-29-6-14-33(15-7-29)43-32-12-4-28(5-13-32)3-2-24-45(36-18-10-31(40)11-19-36)37-20-22-38(23-21-37)52(46,47)48/h4-23,25-26H,2-3,24,42H2,1H3,(H3,43,44,46,47,48,49,50,51)/p+1. The molecular weight excluding hydrogens is 709 g/mol. The fourth-order valence-corrected chi connectivity index (χ4v) is 7.73. The van der Waals surface area contributed by atoms with Crippen LogP contribution >= 0.6 is 0 Å². The van der Waals surface area contributed by atoms with Crippen molar-refractivity contribution in [1.29, 1.82) is 0 Å². The van der Waals surface area contributed by atoms with E-state index < -0.39 is 20.2 Å². The number of nitrogens with zero attached hydrogens (tertiary/aromatic N) is 1. The van der Waals surface area contributed by atoms with E-state index in [1.807, 2.05) is 48.5 Å². The summed E-state index contributed by atoms with van der Waals surface area (Å²) in [5.74, 6) is 0. The van der Waals surface area contributed by atoms with Gasteiger partial charge in [-0.2, -0.15) is 21.4 Å². The Hall–Kier alpha value is -5.79. The Bertz CT molecular complexity index is 2660. The first-order valence-corrected chi connectivity index (χ1v) is 19.7. The first-order valence-electron chi connectivity index (χ1n) is 16.9. The van der Waals surface area contributed by atoms with Crippen LogP contribution in [0.25, 0.3) is 5.57 Å². The minimum absolute atomic E-state index is 0.000759. The average molecular weight is 746 g/mol. The highest BCUT2D eigenvalue weighted by atomic mass is 32.2. The molecule has 0 saturated carbocycles. The highest BCUT2D eigenvalue weighted by molar-refractivity contribution is 7.86. The van der Waals surface area contributed by atoms with Crippen molar-refractivity contribution >= 4 is 59.9 Å². The molecule has 0 atom stereocenters. The Morgan fingerprint density at radius 1 is 0.679 bits per heavy atom. The van der Waals surface area contributed by atoms with E-state index in [0.29, 0.717) is 23.5 Å². The molecule has 10 nitrogen and oxygen atoms in total. The average Bonchev–Trinajstić information content (AvgIpc) is 3.13. The molecule has 268 valence electrons. The molecule has 0 fully saturated rings. The number of fused-ring (bicyclic) bond motifs is 1. The molecule has 11 rings (SSSR count). The third kappa shape index (κ3) is 8.01. The van der Waals surface area contributed by atoms with Crippen LogP contribution in [0.3, 0.4) is 0 Å². The van der Waals surface area contributed by atoms with E-state index in [1.54, 1.807) is 25.1 Å². The molecule has 0 aromatic heterocycles. The van der Waals surface area contributed by atoms with E-state index in [-0.39, 0.29) is 15.5 Å². The molecule has 0 amide bonds. The Morgan fingerprint density at radius 3 is 1.85 bits per heavy atom. The molecular formula is C41H37N4O6S2+. The van der Waals surface area contributed by atoms with Gasteiger partial charge in [0, 0.05) is 53.4 Å². The second kappa shape index (κ2) is 14.3. The van der Waals surface area contributed by atoms with Crippen LogP contribution in [0.2, 0.25) is 0 Å². The molecule has 5 aliphatic heterocycles. The van der Waals surface area contributed by atoms with E-state index in [9.17, 15) is 25.9 Å². The van der Waals surface area contributed by atoms with Gasteiger partial charge in [-0.1, -0.05) is 36.4 Å². The third-order valence-corrected chi connectivity index (χ3v) is 11.0. The molecule has 53 heavy (non-hydrogen) atoms. The van der Waals surface area contributed by atoms with E-state index in [2.05, 4.69) is 63.7 Å². The molecule has 0 radical (unpaired) electrons. The number of nitrogens with one attached hydrogen (secondary N) is 2. The van der Waals surface area contributed by atoms with Crippen molar-refractivity contribution < 1.29 is 25.9 Å². The SMILES string of the molecule is Cc1cc(Nc2ccc(C3=c4ccc(cc4)=[N+](c4ccc(S(=O)(=O)O)cc4)CCCc4ccc(cc4)Nc4ccc3cc4)cc2)cc(S(=O)(=O)O)c1N. The van der Waals surface area contributed by atoms with Crippen LogP contribution in [0, 0.1) is 6.92 Å². The largest absolute Gasteiger partial charge is 0.397 e. The van der Waals surface area contributed by atoms with E-state index >= 15 is 0 Å². The van der Waals surface area contributed by atoms with Crippen LogP contribution in [0.1, 0.15) is 28.7 Å². The predicted octanol–water partition coefficient (Wildman–Crippen LogP) is 6.57. The first kappa shape index (κ1) is 35.6. The lowest BCUT2D eigenvalue weighted by Crippen LogP contribution is -2.28. The fraction of sp³-hybridized carbons (Fsp3) is 0.0976. The van der Waals surface area contributed by atoms with Gasteiger partial charge in [0.1, 0.15) is 11.4 Å². The number of nitrogen functional groups attached to an aromatic ring is 1. The number of hydrogen-bond donors (Lipinski definition) is 5. The van der Waals surface area contributed by atoms with Crippen molar-refractivity contribution in [3.05, 3.63) is 166 Å². The summed E-state index contributed by atoms with van der Waals surface area (Å²) in [6.45, 7) is 2.34. The van der Waals surface area contributed by atoms with Crippen LogP contribution in [0.4, 0.5) is 34.1 Å². The molecule has 6 N–H and O–H groups in total. The topological polar surface area (TPSA) is 162 Å². The van der Waals surface area contributed by atoms with E-state index in [4.69, 9.17) is 5.73 Å². The quantitative estimate of drug-likeness (QED) is 0.0721. The minimum atomic E-state index is -4.51. The van der Waals surface area contributed by atoms with Gasteiger partial charge in [-0.3, -0.25) is 9.11 Å². The summed E-state index contributed by atoms with van der Waals surface area (Å²) in [5, 5.41) is 8.61. The van der Waals surface area contributed by atoms with Gasteiger partial charge in [0.05, 0.1) is 10.6 Å².